The highest BCUT2D eigenvalue weighted by atomic mass is 79.9. The maximum absolute atomic E-state index is 11.7. The fourth-order valence-corrected chi connectivity index (χ4v) is 1.48. The molecular weight excluding hydrogens is 244 g/mol. The fourth-order valence-electron chi connectivity index (χ4n) is 1.08. The quantitative estimate of drug-likeness (QED) is 0.614. The first-order chi connectivity index (χ1) is 6.52. The number of carbonyl (C=O) groups excluding carboxylic acids is 2. The van der Waals surface area contributed by atoms with Crippen molar-refractivity contribution in [1.82, 2.24) is 0 Å². The number of hydrogen-bond acceptors (Lipinski definition) is 2. The molecular formula is C11H11BrO2. The third-order valence-electron chi connectivity index (χ3n) is 2.11. The summed E-state index contributed by atoms with van der Waals surface area (Å²) in [7, 11) is 0. The Morgan fingerprint density at radius 2 is 2.00 bits per heavy atom. The summed E-state index contributed by atoms with van der Waals surface area (Å²) >= 11 is 3.28. The van der Waals surface area contributed by atoms with Crippen LogP contribution in [-0.4, -0.2) is 11.6 Å². The first-order valence-corrected chi connectivity index (χ1v) is 5.12. The molecule has 0 saturated heterocycles. The molecule has 1 atom stereocenters. The van der Waals surface area contributed by atoms with Crippen LogP contribution < -0.4 is 0 Å². The number of Topliss-reactive ketones (excluding diaryl/α,β-unsaturated/α-hetero) is 2. The van der Waals surface area contributed by atoms with Crippen LogP contribution in [-0.2, 0) is 4.79 Å². The van der Waals surface area contributed by atoms with Gasteiger partial charge in [-0.15, -0.1) is 0 Å². The Morgan fingerprint density at radius 3 is 2.50 bits per heavy atom. The van der Waals surface area contributed by atoms with E-state index in [1.54, 1.807) is 25.1 Å². The third-order valence-corrected chi connectivity index (χ3v) is 2.61. The van der Waals surface area contributed by atoms with Gasteiger partial charge in [0.05, 0.1) is 5.92 Å². The molecule has 0 N–H and O–H groups in total. The van der Waals surface area contributed by atoms with E-state index in [0.717, 1.165) is 4.47 Å². The molecule has 1 rings (SSSR count). The van der Waals surface area contributed by atoms with Gasteiger partial charge in [-0.05, 0) is 26.0 Å². The molecule has 74 valence electrons. The van der Waals surface area contributed by atoms with Gasteiger partial charge in [0.2, 0.25) is 0 Å². The Labute approximate surface area is 91.4 Å². The lowest BCUT2D eigenvalue weighted by Crippen LogP contribution is -2.18. The Hall–Kier alpha value is -0.960. The Balaban J connectivity index is 2.95. The van der Waals surface area contributed by atoms with E-state index >= 15 is 0 Å². The summed E-state index contributed by atoms with van der Waals surface area (Å²) in [4.78, 5) is 22.7. The van der Waals surface area contributed by atoms with Crippen LogP contribution in [0.15, 0.2) is 28.7 Å². The van der Waals surface area contributed by atoms with E-state index in [4.69, 9.17) is 0 Å². The molecule has 0 aliphatic heterocycles. The first-order valence-electron chi connectivity index (χ1n) is 4.32. The standard InChI is InChI=1S/C11H11BrO2/c1-7(8(2)13)11(14)9-4-3-5-10(12)6-9/h3-7H,1-2H3. The monoisotopic (exact) mass is 254 g/mol. The van der Waals surface area contributed by atoms with E-state index in [2.05, 4.69) is 15.9 Å². The molecule has 0 saturated carbocycles. The van der Waals surface area contributed by atoms with Crippen LogP contribution in [0.5, 0.6) is 0 Å². The molecule has 14 heavy (non-hydrogen) atoms. The zero-order valence-electron chi connectivity index (χ0n) is 8.08. The topological polar surface area (TPSA) is 34.1 Å². The van der Waals surface area contributed by atoms with Crippen LogP contribution in [0, 0.1) is 5.92 Å². The minimum Gasteiger partial charge on any atom is -0.299 e. The maximum atomic E-state index is 11.7. The number of hydrogen-bond donors (Lipinski definition) is 0. The third kappa shape index (κ3) is 2.51. The summed E-state index contributed by atoms with van der Waals surface area (Å²) in [5.41, 5.74) is 0.571. The van der Waals surface area contributed by atoms with Crippen LogP contribution in [0.4, 0.5) is 0 Å². The van der Waals surface area contributed by atoms with Crippen molar-refractivity contribution < 1.29 is 9.59 Å². The Kier molecular flexibility index (Phi) is 3.58. The second kappa shape index (κ2) is 4.51. The van der Waals surface area contributed by atoms with E-state index in [9.17, 15) is 9.59 Å². The number of ketones is 2. The summed E-state index contributed by atoms with van der Waals surface area (Å²) in [5, 5.41) is 0. The van der Waals surface area contributed by atoms with E-state index in [1.807, 2.05) is 6.07 Å². The number of benzene rings is 1. The Bertz CT molecular complexity index is 371. The van der Waals surface area contributed by atoms with Crippen LogP contribution >= 0.6 is 15.9 Å². The van der Waals surface area contributed by atoms with Crippen molar-refractivity contribution in [1.29, 1.82) is 0 Å². The molecule has 1 unspecified atom stereocenters. The molecule has 0 aliphatic rings. The van der Waals surface area contributed by atoms with Crippen LogP contribution in [0.1, 0.15) is 24.2 Å². The molecule has 3 heteroatoms. The predicted octanol–water partition coefficient (Wildman–Crippen LogP) is 2.86. The highest BCUT2D eigenvalue weighted by Crippen LogP contribution is 2.15. The van der Waals surface area contributed by atoms with E-state index in [1.165, 1.54) is 6.92 Å². The molecule has 0 aromatic heterocycles. The summed E-state index contributed by atoms with van der Waals surface area (Å²) < 4.78 is 0.846. The van der Waals surface area contributed by atoms with Gasteiger partial charge in [-0.1, -0.05) is 28.1 Å². The van der Waals surface area contributed by atoms with Crippen molar-refractivity contribution in [3.63, 3.8) is 0 Å². The van der Waals surface area contributed by atoms with Crippen molar-refractivity contribution in [3.05, 3.63) is 34.3 Å². The van der Waals surface area contributed by atoms with Gasteiger partial charge < -0.3 is 0 Å². The average molecular weight is 255 g/mol. The highest BCUT2D eigenvalue weighted by Gasteiger charge is 2.18. The molecule has 0 amide bonds. The van der Waals surface area contributed by atoms with Gasteiger partial charge in [0, 0.05) is 10.0 Å². The molecule has 0 radical (unpaired) electrons. The van der Waals surface area contributed by atoms with Gasteiger partial charge >= 0.3 is 0 Å². The smallest absolute Gasteiger partial charge is 0.173 e. The largest absolute Gasteiger partial charge is 0.299 e. The molecule has 1 aromatic rings. The summed E-state index contributed by atoms with van der Waals surface area (Å²) in [6.45, 7) is 3.06. The lowest BCUT2D eigenvalue weighted by molar-refractivity contribution is -0.118. The average Bonchev–Trinajstić information content (AvgIpc) is 2.15. The second-order valence-corrected chi connectivity index (χ2v) is 4.12. The number of halogens is 1. The summed E-state index contributed by atoms with van der Waals surface area (Å²) in [6, 6.07) is 7.06. The van der Waals surface area contributed by atoms with Crippen LogP contribution in [0.2, 0.25) is 0 Å². The normalized spacial score (nSPS) is 12.2. The first kappa shape index (κ1) is 11.1. The lowest BCUT2D eigenvalue weighted by Gasteiger charge is -2.06. The molecule has 0 fully saturated rings. The van der Waals surface area contributed by atoms with Crippen LogP contribution in [0.3, 0.4) is 0 Å². The zero-order chi connectivity index (χ0) is 10.7. The van der Waals surface area contributed by atoms with Gasteiger partial charge in [-0.2, -0.15) is 0 Å². The molecule has 0 bridgehead atoms. The van der Waals surface area contributed by atoms with Gasteiger partial charge in [0.15, 0.2) is 5.78 Å². The lowest BCUT2D eigenvalue weighted by atomic mass is 9.96. The summed E-state index contributed by atoms with van der Waals surface area (Å²) in [6.07, 6.45) is 0. The zero-order valence-corrected chi connectivity index (χ0v) is 9.67. The van der Waals surface area contributed by atoms with Crippen molar-refractivity contribution in [3.8, 4) is 0 Å². The van der Waals surface area contributed by atoms with Gasteiger partial charge in [0.1, 0.15) is 5.78 Å². The van der Waals surface area contributed by atoms with E-state index in [0.29, 0.717) is 5.56 Å². The second-order valence-electron chi connectivity index (χ2n) is 3.21. The molecule has 0 heterocycles. The van der Waals surface area contributed by atoms with Crippen molar-refractivity contribution in [2.45, 2.75) is 13.8 Å². The van der Waals surface area contributed by atoms with Crippen LogP contribution in [0.25, 0.3) is 0 Å². The minimum atomic E-state index is -0.552. The van der Waals surface area contributed by atoms with Gasteiger partial charge in [-0.25, -0.2) is 0 Å². The number of carbonyl (C=O) groups is 2. The van der Waals surface area contributed by atoms with Gasteiger partial charge in [-0.3, -0.25) is 9.59 Å². The molecule has 0 aliphatic carbocycles. The molecule has 2 nitrogen and oxygen atoms in total. The predicted molar refractivity (Wildman–Crippen MR) is 58.3 cm³/mol. The maximum Gasteiger partial charge on any atom is 0.173 e. The fraction of sp³-hybridized carbons (Fsp3) is 0.273. The number of rotatable bonds is 3. The van der Waals surface area contributed by atoms with Gasteiger partial charge in [0.25, 0.3) is 0 Å². The minimum absolute atomic E-state index is 0.102. The van der Waals surface area contributed by atoms with Crippen molar-refractivity contribution in [2.24, 2.45) is 5.92 Å². The van der Waals surface area contributed by atoms with Crippen molar-refractivity contribution >= 4 is 27.5 Å². The van der Waals surface area contributed by atoms with Crippen molar-refractivity contribution in [2.75, 3.05) is 0 Å². The Morgan fingerprint density at radius 1 is 1.36 bits per heavy atom. The summed E-state index contributed by atoms with van der Waals surface area (Å²) in [5.74, 6) is -0.780. The van der Waals surface area contributed by atoms with E-state index < -0.39 is 5.92 Å². The van der Waals surface area contributed by atoms with E-state index in [-0.39, 0.29) is 11.6 Å². The SMILES string of the molecule is CC(=O)C(C)C(=O)c1cccc(Br)c1. The molecule has 0 spiro atoms. The molecule has 1 aromatic carbocycles. The highest BCUT2D eigenvalue weighted by molar-refractivity contribution is 9.10.